The second kappa shape index (κ2) is 5.49. The monoisotopic (exact) mass is 376 g/mol. The summed E-state index contributed by atoms with van der Waals surface area (Å²) in [7, 11) is -2.87. The number of aromatic carboxylic acids is 1. The zero-order valence-corrected chi connectivity index (χ0v) is 13.1. The fraction of sp³-hybridized carbons (Fsp3) is 0.0833. The lowest BCUT2D eigenvalue weighted by Crippen LogP contribution is -2.27. The summed E-state index contributed by atoms with van der Waals surface area (Å²) in [4.78, 5) is 12.8. The van der Waals surface area contributed by atoms with Gasteiger partial charge >= 0.3 is 5.97 Å². The average molecular weight is 377 g/mol. The highest BCUT2D eigenvalue weighted by Gasteiger charge is 2.25. The fourth-order valence-corrected chi connectivity index (χ4v) is 3.20. The van der Waals surface area contributed by atoms with Crippen molar-refractivity contribution in [2.45, 2.75) is 4.90 Å². The van der Waals surface area contributed by atoms with Gasteiger partial charge in [0.15, 0.2) is 0 Å². The van der Waals surface area contributed by atoms with E-state index in [9.17, 15) is 17.6 Å². The fourth-order valence-electron chi connectivity index (χ4n) is 1.67. The number of carboxylic acid groups (broad SMARTS) is 1. The highest BCUT2D eigenvalue weighted by Crippen LogP contribution is 2.27. The Morgan fingerprint density at radius 3 is 2.57 bits per heavy atom. The summed E-state index contributed by atoms with van der Waals surface area (Å²) in [6.45, 7) is 0. The SMILES string of the molecule is CN(c1ccc(Br)cc1F)S(=O)(=O)c1c[nH]c(C(=O)O)c1. The molecule has 0 amide bonds. The molecule has 0 saturated carbocycles. The van der Waals surface area contributed by atoms with Gasteiger partial charge in [-0.25, -0.2) is 17.6 Å². The smallest absolute Gasteiger partial charge is 0.352 e. The number of aromatic amines is 1. The predicted octanol–water partition coefficient (Wildman–Crippen LogP) is 2.44. The van der Waals surface area contributed by atoms with Crippen LogP contribution in [0.5, 0.6) is 0 Å². The molecule has 0 unspecified atom stereocenters. The van der Waals surface area contributed by atoms with Crippen molar-refractivity contribution in [2.75, 3.05) is 11.4 Å². The van der Waals surface area contributed by atoms with E-state index in [1.54, 1.807) is 0 Å². The molecule has 0 aliphatic rings. The van der Waals surface area contributed by atoms with E-state index in [4.69, 9.17) is 5.11 Å². The molecule has 0 atom stereocenters. The zero-order chi connectivity index (χ0) is 15.8. The summed E-state index contributed by atoms with van der Waals surface area (Å²) < 4.78 is 39.8. The number of H-pyrrole nitrogens is 1. The molecule has 9 heteroatoms. The average Bonchev–Trinajstić information content (AvgIpc) is 2.88. The van der Waals surface area contributed by atoms with Crippen LogP contribution in [0.4, 0.5) is 10.1 Å². The maximum Gasteiger partial charge on any atom is 0.352 e. The summed E-state index contributed by atoms with van der Waals surface area (Å²) in [6, 6.07) is 4.93. The number of halogens is 2. The van der Waals surface area contributed by atoms with E-state index in [1.807, 2.05) is 0 Å². The second-order valence-electron chi connectivity index (χ2n) is 4.12. The largest absolute Gasteiger partial charge is 0.477 e. The molecule has 0 bridgehead atoms. The molecule has 112 valence electrons. The van der Waals surface area contributed by atoms with Gasteiger partial charge in [-0.05, 0) is 24.3 Å². The van der Waals surface area contributed by atoms with Crippen molar-refractivity contribution < 1.29 is 22.7 Å². The van der Waals surface area contributed by atoms with Crippen LogP contribution in [0.25, 0.3) is 0 Å². The number of sulfonamides is 1. The highest BCUT2D eigenvalue weighted by atomic mass is 79.9. The molecule has 2 aromatic rings. The summed E-state index contributed by atoms with van der Waals surface area (Å²) in [5.74, 6) is -2.00. The van der Waals surface area contributed by atoms with E-state index in [-0.39, 0.29) is 16.3 Å². The van der Waals surface area contributed by atoms with E-state index in [0.29, 0.717) is 4.47 Å². The molecule has 0 aliphatic heterocycles. The Kier molecular flexibility index (Phi) is 4.06. The molecule has 0 radical (unpaired) electrons. The van der Waals surface area contributed by atoms with Crippen molar-refractivity contribution in [1.29, 1.82) is 0 Å². The van der Waals surface area contributed by atoms with Crippen LogP contribution in [0.3, 0.4) is 0 Å². The molecule has 1 aromatic heterocycles. The molecule has 0 fully saturated rings. The Bertz CT molecular complexity index is 803. The number of aromatic nitrogens is 1. The van der Waals surface area contributed by atoms with Gasteiger partial charge in [-0.3, -0.25) is 4.31 Å². The lowest BCUT2D eigenvalue weighted by molar-refractivity contribution is 0.0691. The number of anilines is 1. The molecule has 0 saturated heterocycles. The first-order chi connectivity index (χ1) is 9.73. The summed E-state index contributed by atoms with van der Waals surface area (Å²) >= 11 is 3.08. The van der Waals surface area contributed by atoms with Crippen molar-refractivity contribution in [3.8, 4) is 0 Å². The lowest BCUT2D eigenvalue weighted by atomic mass is 10.3. The van der Waals surface area contributed by atoms with E-state index in [2.05, 4.69) is 20.9 Å². The number of carboxylic acids is 1. The van der Waals surface area contributed by atoms with Crippen molar-refractivity contribution in [1.82, 2.24) is 4.98 Å². The van der Waals surface area contributed by atoms with Gasteiger partial charge in [0.25, 0.3) is 10.0 Å². The molecular formula is C12H10BrFN2O4S. The Labute approximate surface area is 128 Å². The predicted molar refractivity (Wildman–Crippen MR) is 77.4 cm³/mol. The molecule has 2 rings (SSSR count). The summed E-state index contributed by atoms with van der Waals surface area (Å²) in [5, 5.41) is 8.79. The minimum Gasteiger partial charge on any atom is -0.477 e. The first kappa shape index (κ1) is 15.5. The summed E-state index contributed by atoms with van der Waals surface area (Å²) in [5.41, 5.74) is -0.408. The van der Waals surface area contributed by atoms with Gasteiger partial charge < -0.3 is 10.1 Å². The van der Waals surface area contributed by atoms with Crippen LogP contribution in [0, 0.1) is 5.82 Å². The molecule has 6 nitrogen and oxygen atoms in total. The minimum absolute atomic E-state index is 0.142. The molecule has 0 aliphatic carbocycles. The number of rotatable bonds is 4. The lowest BCUT2D eigenvalue weighted by Gasteiger charge is -2.19. The minimum atomic E-state index is -4.06. The molecule has 21 heavy (non-hydrogen) atoms. The number of nitrogens with one attached hydrogen (secondary N) is 1. The van der Waals surface area contributed by atoms with Crippen molar-refractivity contribution in [3.63, 3.8) is 0 Å². The van der Waals surface area contributed by atoms with Crippen LogP contribution in [0.15, 0.2) is 39.8 Å². The van der Waals surface area contributed by atoms with Gasteiger partial charge in [-0.15, -0.1) is 0 Å². The van der Waals surface area contributed by atoms with E-state index in [0.717, 1.165) is 22.6 Å². The van der Waals surface area contributed by atoms with E-state index in [1.165, 1.54) is 19.2 Å². The number of carbonyl (C=O) groups is 1. The number of hydrogen-bond acceptors (Lipinski definition) is 3. The Morgan fingerprint density at radius 1 is 1.38 bits per heavy atom. The third-order valence-corrected chi connectivity index (χ3v) is 5.04. The first-order valence-electron chi connectivity index (χ1n) is 5.59. The first-order valence-corrected chi connectivity index (χ1v) is 7.82. The normalized spacial score (nSPS) is 11.4. The van der Waals surface area contributed by atoms with E-state index < -0.39 is 21.8 Å². The topological polar surface area (TPSA) is 90.5 Å². The standard InChI is InChI=1S/C12H10BrFN2O4S/c1-16(11-3-2-7(13)4-9(11)14)21(19,20)8-5-10(12(17)18)15-6-8/h2-6,15H,1H3,(H,17,18). The van der Waals surface area contributed by atoms with Gasteiger partial charge in [-0.2, -0.15) is 0 Å². The van der Waals surface area contributed by atoms with Crippen LogP contribution < -0.4 is 4.31 Å². The van der Waals surface area contributed by atoms with Gasteiger partial charge in [0.1, 0.15) is 16.4 Å². The molecule has 1 heterocycles. The second-order valence-corrected chi connectivity index (χ2v) is 7.01. The summed E-state index contributed by atoms with van der Waals surface area (Å²) in [6.07, 6.45) is 1.05. The van der Waals surface area contributed by atoms with Gasteiger partial charge in [-0.1, -0.05) is 15.9 Å². The molecule has 2 N–H and O–H groups in total. The quantitative estimate of drug-likeness (QED) is 0.857. The van der Waals surface area contributed by atoms with Crippen molar-refractivity contribution in [3.05, 3.63) is 46.4 Å². The Balaban J connectivity index is 2.44. The van der Waals surface area contributed by atoms with Crippen LogP contribution in [0.2, 0.25) is 0 Å². The third-order valence-electron chi connectivity index (χ3n) is 2.79. The van der Waals surface area contributed by atoms with Crippen LogP contribution >= 0.6 is 15.9 Å². The molecular weight excluding hydrogens is 367 g/mol. The number of hydrogen-bond donors (Lipinski definition) is 2. The zero-order valence-electron chi connectivity index (χ0n) is 10.7. The van der Waals surface area contributed by atoms with Crippen molar-refractivity contribution in [2.24, 2.45) is 0 Å². The van der Waals surface area contributed by atoms with Crippen molar-refractivity contribution >= 4 is 37.6 Å². The van der Waals surface area contributed by atoms with Crippen LogP contribution in [0.1, 0.15) is 10.5 Å². The molecule has 1 aromatic carbocycles. The van der Waals surface area contributed by atoms with Gasteiger partial charge in [0.2, 0.25) is 0 Å². The Hall–Kier alpha value is -1.87. The van der Waals surface area contributed by atoms with Gasteiger partial charge in [0, 0.05) is 17.7 Å². The third kappa shape index (κ3) is 2.93. The van der Waals surface area contributed by atoms with Crippen LogP contribution in [-0.2, 0) is 10.0 Å². The molecule has 0 spiro atoms. The number of nitrogens with zero attached hydrogens (tertiary/aromatic N) is 1. The number of benzene rings is 1. The highest BCUT2D eigenvalue weighted by molar-refractivity contribution is 9.10. The van der Waals surface area contributed by atoms with Crippen LogP contribution in [-0.4, -0.2) is 31.5 Å². The van der Waals surface area contributed by atoms with Gasteiger partial charge in [0.05, 0.1) is 5.69 Å². The van der Waals surface area contributed by atoms with E-state index >= 15 is 0 Å². The maximum absolute atomic E-state index is 13.8. The Morgan fingerprint density at radius 2 is 2.05 bits per heavy atom. The maximum atomic E-state index is 13.8.